The minimum atomic E-state index is -5.08. The maximum Gasteiger partial charge on any atom is 0.490 e. The summed E-state index contributed by atoms with van der Waals surface area (Å²) in [6, 6.07) is 6.45. The number of nitrogens with one attached hydrogen (secondary N) is 1. The van der Waals surface area contributed by atoms with Crippen molar-refractivity contribution in [1.29, 1.82) is 0 Å². The molecule has 1 aliphatic heterocycles. The van der Waals surface area contributed by atoms with Gasteiger partial charge < -0.3 is 21.1 Å². The summed E-state index contributed by atoms with van der Waals surface area (Å²) in [6.45, 7) is 1.69. The molecule has 30 heavy (non-hydrogen) atoms. The van der Waals surface area contributed by atoms with Crippen LogP contribution in [0.2, 0.25) is 5.02 Å². The fraction of sp³-hybridized carbons (Fsp3) is 0.444. The molecule has 1 aromatic carbocycles. The van der Waals surface area contributed by atoms with Gasteiger partial charge in [-0.3, -0.25) is 0 Å². The molecule has 4 rings (SSSR count). The van der Waals surface area contributed by atoms with Crippen LogP contribution in [0.25, 0.3) is 0 Å². The van der Waals surface area contributed by atoms with Crippen LogP contribution in [0, 0.1) is 0 Å². The maximum absolute atomic E-state index is 10.6. The first-order valence-electron chi connectivity index (χ1n) is 9.18. The summed E-state index contributed by atoms with van der Waals surface area (Å²) in [5.41, 5.74) is 8.43. The molecule has 1 aliphatic carbocycles. The van der Waals surface area contributed by atoms with E-state index in [1.54, 1.807) is 6.33 Å². The van der Waals surface area contributed by atoms with Crippen molar-refractivity contribution in [2.45, 2.75) is 37.5 Å². The number of aromatic nitrogens is 3. The largest absolute Gasteiger partial charge is 0.490 e. The molecule has 4 N–H and O–H groups in total. The van der Waals surface area contributed by atoms with Crippen molar-refractivity contribution >= 4 is 29.5 Å². The van der Waals surface area contributed by atoms with Gasteiger partial charge in [0.2, 0.25) is 11.9 Å². The van der Waals surface area contributed by atoms with E-state index in [9.17, 15) is 13.2 Å². The fourth-order valence-corrected chi connectivity index (χ4v) is 3.67. The highest BCUT2D eigenvalue weighted by Crippen LogP contribution is 2.37. The number of alkyl halides is 3. The number of anilines is 2. The van der Waals surface area contributed by atoms with Crippen molar-refractivity contribution in [2.24, 2.45) is 5.73 Å². The second kappa shape index (κ2) is 9.00. The van der Waals surface area contributed by atoms with Crippen LogP contribution in [0.4, 0.5) is 25.1 Å². The van der Waals surface area contributed by atoms with Crippen LogP contribution in [0.15, 0.2) is 24.5 Å². The van der Waals surface area contributed by atoms with Gasteiger partial charge in [0, 0.05) is 24.2 Å². The maximum atomic E-state index is 10.6. The van der Waals surface area contributed by atoms with Gasteiger partial charge >= 0.3 is 12.1 Å². The summed E-state index contributed by atoms with van der Waals surface area (Å²) in [5.74, 6) is -1.46. The molecule has 2 unspecified atom stereocenters. The lowest BCUT2D eigenvalue weighted by Crippen LogP contribution is -2.27. The van der Waals surface area contributed by atoms with Crippen LogP contribution in [0.1, 0.15) is 30.0 Å². The summed E-state index contributed by atoms with van der Waals surface area (Å²) in [5, 5.41) is 11.4. The van der Waals surface area contributed by atoms with Gasteiger partial charge in [0.05, 0.1) is 6.04 Å². The number of fused-ring (bicyclic) bond motifs is 1. The highest BCUT2D eigenvalue weighted by molar-refractivity contribution is 6.31. The Hall–Kier alpha value is -2.66. The molecule has 0 amide bonds. The molecular formula is C18H20ClF3N6O2. The zero-order chi connectivity index (χ0) is 21.9. The molecule has 1 saturated heterocycles. The Bertz CT molecular complexity index is 914. The molecule has 0 spiro atoms. The Kier molecular flexibility index (Phi) is 6.61. The molecule has 0 radical (unpaired) electrons. The third-order valence-electron chi connectivity index (χ3n) is 4.83. The molecular weight excluding hydrogens is 425 g/mol. The molecule has 8 nitrogen and oxygen atoms in total. The van der Waals surface area contributed by atoms with E-state index in [0.717, 1.165) is 37.4 Å². The van der Waals surface area contributed by atoms with Crippen molar-refractivity contribution in [1.82, 2.24) is 15.0 Å². The van der Waals surface area contributed by atoms with Gasteiger partial charge in [0.25, 0.3) is 0 Å². The Morgan fingerprint density at radius 2 is 2.03 bits per heavy atom. The molecule has 2 atom stereocenters. The number of nitrogens with two attached hydrogens (primary N) is 1. The number of carboxylic acid groups (broad SMARTS) is 1. The SMILES string of the molecule is NC1CCN(c2ncnc(NC3CCc4c(Cl)cccc43)n2)C1.O=C(O)C(F)(F)F. The Labute approximate surface area is 175 Å². The van der Waals surface area contributed by atoms with Crippen molar-refractivity contribution < 1.29 is 23.1 Å². The van der Waals surface area contributed by atoms with Crippen LogP contribution in [-0.4, -0.2) is 51.3 Å². The molecule has 162 valence electrons. The standard InChI is InChI=1S/C16H19ClN6.C2HF3O2/c17-13-3-1-2-12-11(13)4-5-14(12)21-15-19-9-20-16(22-15)23-7-6-10(18)8-23;3-2(4,5)1(6)7/h1-3,9-10,14H,4-8,18H2,(H,19,20,21,22);(H,6,7). The van der Waals surface area contributed by atoms with Crippen molar-refractivity contribution in [3.05, 3.63) is 40.7 Å². The molecule has 0 bridgehead atoms. The smallest absolute Gasteiger partial charge is 0.475 e. The van der Waals surface area contributed by atoms with E-state index >= 15 is 0 Å². The van der Waals surface area contributed by atoms with Crippen LogP contribution in [0.3, 0.4) is 0 Å². The summed E-state index contributed by atoms with van der Waals surface area (Å²) < 4.78 is 31.7. The van der Waals surface area contributed by atoms with Crippen LogP contribution in [-0.2, 0) is 11.2 Å². The molecule has 12 heteroatoms. The van der Waals surface area contributed by atoms with Crippen molar-refractivity contribution in [3.8, 4) is 0 Å². The van der Waals surface area contributed by atoms with Crippen LogP contribution < -0.4 is 16.0 Å². The van der Waals surface area contributed by atoms with Gasteiger partial charge in [0.1, 0.15) is 6.33 Å². The first kappa shape index (κ1) is 22.0. The zero-order valence-electron chi connectivity index (χ0n) is 15.7. The zero-order valence-corrected chi connectivity index (χ0v) is 16.5. The number of hydrogen-bond acceptors (Lipinski definition) is 7. The molecule has 2 heterocycles. The lowest BCUT2D eigenvalue weighted by atomic mass is 10.1. The van der Waals surface area contributed by atoms with Gasteiger partial charge in [-0.05, 0) is 36.5 Å². The monoisotopic (exact) mass is 444 g/mol. The first-order chi connectivity index (χ1) is 14.1. The number of rotatable bonds is 3. The summed E-state index contributed by atoms with van der Waals surface area (Å²) in [7, 11) is 0. The molecule has 1 aromatic heterocycles. The van der Waals surface area contributed by atoms with Gasteiger partial charge in [0.15, 0.2) is 0 Å². The summed E-state index contributed by atoms with van der Waals surface area (Å²) in [4.78, 5) is 24.1. The number of benzene rings is 1. The minimum Gasteiger partial charge on any atom is -0.475 e. The van der Waals surface area contributed by atoms with Gasteiger partial charge in [-0.15, -0.1) is 0 Å². The summed E-state index contributed by atoms with van der Waals surface area (Å²) in [6.07, 6.45) is -0.578. The average Bonchev–Trinajstić information content (AvgIpc) is 3.29. The van der Waals surface area contributed by atoms with E-state index in [0.29, 0.717) is 11.9 Å². The van der Waals surface area contributed by atoms with Crippen LogP contribution in [0.5, 0.6) is 0 Å². The Balaban J connectivity index is 0.000000318. The third-order valence-corrected chi connectivity index (χ3v) is 5.18. The molecule has 1 fully saturated rings. The van der Waals surface area contributed by atoms with Gasteiger partial charge in [-0.1, -0.05) is 23.7 Å². The second-order valence-corrected chi connectivity index (χ2v) is 7.36. The number of nitrogens with zero attached hydrogens (tertiary/aromatic N) is 4. The van der Waals surface area contributed by atoms with E-state index in [2.05, 4.69) is 31.2 Å². The second-order valence-electron chi connectivity index (χ2n) is 6.95. The van der Waals surface area contributed by atoms with Crippen molar-refractivity contribution in [2.75, 3.05) is 23.3 Å². The number of halogens is 4. The topological polar surface area (TPSA) is 117 Å². The Morgan fingerprint density at radius 1 is 1.30 bits per heavy atom. The minimum absolute atomic E-state index is 0.194. The number of carboxylic acids is 1. The lowest BCUT2D eigenvalue weighted by Gasteiger charge is -2.18. The quantitative estimate of drug-likeness (QED) is 0.661. The lowest BCUT2D eigenvalue weighted by molar-refractivity contribution is -0.192. The predicted octanol–water partition coefficient (Wildman–Crippen LogP) is 2.80. The van der Waals surface area contributed by atoms with E-state index in [4.69, 9.17) is 27.2 Å². The highest BCUT2D eigenvalue weighted by atomic mass is 35.5. The van der Waals surface area contributed by atoms with Crippen LogP contribution >= 0.6 is 11.6 Å². The number of aliphatic carboxylic acids is 1. The highest BCUT2D eigenvalue weighted by Gasteiger charge is 2.38. The van der Waals surface area contributed by atoms with E-state index < -0.39 is 12.1 Å². The fourth-order valence-electron chi connectivity index (χ4n) is 3.39. The molecule has 0 saturated carbocycles. The van der Waals surface area contributed by atoms with Crippen molar-refractivity contribution in [3.63, 3.8) is 0 Å². The molecule has 2 aliphatic rings. The van der Waals surface area contributed by atoms with Gasteiger partial charge in [-0.2, -0.15) is 18.2 Å². The molecule has 2 aromatic rings. The Morgan fingerprint density at radius 3 is 2.67 bits per heavy atom. The van der Waals surface area contributed by atoms with E-state index in [-0.39, 0.29) is 12.1 Å². The van der Waals surface area contributed by atoms with Gasteiger partial charge in [-0.25, -0.2) is 14.8 Å². The normalized spacial score (nSPS) is 20.4. The van der Waals surface area contributed by atoms with E-state index in [1.165, 1.54) is 11.1 Å². The summed E-state index contributed by atoms with van der Waals surface area (Å²) >= 11 is 6.28. The first-order valence-corrected chi connectivity index (χ1v) is 9.56. The predicted molar refractivity (Wildman–Crippen MR) is 104 cm³/mol. The number of carbonyl (C=O) groups is 1. The van der Waals surface area contributed by atoms with E-state index in [1.807, 2.05) is 12.1 Å². The third kappa shape index (κ3) is 5.28. The average molecular weight is 445 g/mol. The number of hydrogen-bond donors (Lipinski definition) is 3.